The number of carboxylic acids is 1. The van der Waals surface area contributed by atoms with Crippen LogP contribution in [-0.4, -0.2) is 50.1 Å². The van der Waals surface area contributed by atoms with E-state index in [1.54, 1.807) is 7.11 Å². The van der Waals surface area contributed by atoms with Crippen LogP contribution in [0.25, 0.3) is 0 Å². The van der Waals surface area contributed by atoms with Crippen LogP contribution >= 0.6 is 0 Å². The number of carbonyl (C=O) groups is 2. The van der Waals surface area contributed by atoms with Crippen LogP contribution in [0, 0.1) is 23.7 Å². The van der Waals surface area contributed by atoms with E-state index in [4.69, 9.17) is 4.74 Å². The normalized spacial score (nSPS) is 30.5. The molecule has 1 aromatic rings. The van der Waals surface area contributed by atoms with Crippen molar-refractivity contribution in [2.24, 2.45) is 23.7 Å². The van der Waals surface area contributed by atoms with E-state index >= 15 is 0 Å². The quantitative estimate of drug-likeness (QED) is 0.795. The van der Waals surface area contributed by atoms with E-state index in [2.05, 4.69) is 4.90 Å². The Hall–Kier alpha value is -2.24. The highest BCUT2D eigenvalue weighted by Gasteiger charge is 2.52. The molecule has 1 aliphatic heterocycles. The van der Waals surface area contributed by atoms with Gasteiger partial charge in [-0.25, -0.2) is 0 Å². The first-order chi connectivity index (χ1) is 12.6. The van der Waals surface area contributed by atoms with Crippen molar-refractivity contribution in [1.29, 1.82) is 0 Å². The molecule has 4 atom stereocenters. The van der Waals surface area contributed by atoms with E-state index < -0.39 is 11.9 Å². The number of para-hydroxylation sites is 2. The fraction of sp³-hybridized carbons (Fsp3) is 0.600. The van der Waals surface area contributed by atoms with Crippen molar-refractivity contribution >= 4 is 17.6 Å². The van der Waals surface area contributed by atoms with Crippen LogP contribution in [0.5, 0.6) is 5.75 Å². The smallest absolute Gasteiger partial charge is 0.226 e. The van der Waals surface area contributed by atoms with Gasteiger partial charge in [0, 0.05) is 44.0 Å². The van der Waals surface area contributed by atoms with E-state index in [9.17, 15) is 14.7 Å². The van der Waals surface area contributed by atoms with Crippen LogP contribution in [0.2, 0.25) is 0 Å². The average molecular weight is 357 g/mol. The highest BCUT2D eigenvalue weighted by atomic mass is 16.5. The van der Waals surface area contributed by atoms with E-state index in [-0.39, 0.29) is 23.7 Å². The lowest BCUT2D eigenvalue weighted by molar-refractivity contribution is -0.314. The van der Waals surface area contributed by atoms with E-state index in [1.807, 2.05) is 29.2 Å². The molecule has 1 aromatic carbocycles. The summed E-state index contributed by atoms with van der Waals surface area (Å²) in [5.41, 5.74) is 1.04. The monoisotopic (exact) mass is 357 g/mol. The zero-order valence-electron chi connectivity index (χ0n) is 15.1. The molecular formula is C20H25N2O4-. The molecule has 0 N–H and O–H groups in total. The van der Waals surface area contributed by atoms with Crippen LogP contribution in [0.3, 0.4) is 0 Å². The number of aliphatic carboxylic acids is 1. The fourth-order valence-electron chi connectivity index (χ4n) is 5.26. The van der Waals surface area contributed by atoms with Gasteiger partial charge in [0.15, 0.2) is 0 Å². The first kappa shape index (κ1) is 17.2. The number of carboxylic acid groups (broad SMARTS) is 1. The predicted molar refractivity (Wildman–Crippen MR) is 94.6 cm³/mol. The van der Waals surface area contributed by atoms with Crippen LogP contribution in [0.15, 0.2) is 24.3 Å². The van der Waals surface area contributed by atoms with Gasteiger partial charge in [0.25, 0.3) is 0 Å². The van der Waals surface area contributed by atoms with Crippen molar-refractivity contribution in [2.75, 3.05) is 38.2 Å². The van der Waals surface area contributed by atoms with Crippen LogP contribution in [0.1, 0.15) is 19.3 Å². The lowest BCUT2D eigenvalue weighted by atomic mass is 9.78. The molecule has 26 heavy (non-hydrogen) atoms. The zero-order chi connectivity index (χ0) is 18.3. The van der Waals surface area contributed by atoms with Crippen molar-refractivity contribution < 1.29 is 19.4 Å². The summed E-state index contributed by atoms with van der Waals surface area (Å²) in [6.07, 6.45) is 2.77. The SMILES string of the molecule is COc1ccccc1N1CCN(C(=O)[C@@H]2[C@@H]3CC[C@@H](C3)[C@@H]2C(=O)[O-])CC1. The number of ether oxygens (including phenoxy) is 1. The molecule has 3 aliphatic rings. The Morgan fingerprint density at radius 1 is 1.04 bits per heavy atom. The van der Waals surface area contributed by atoms with Gasteiger partial charge < -0.3 is 24.4 Å². The molecule has 3 fully saturated rings. The van der Waals surface area contributed by atoms with Crippen molar-refractivity contribution in [2.45, 2.75) is 19.3 Å². The van der Waals surface area contributed by atoms with E-state index in [1.165, 1.54) is 0 Å². The third-order valence-corrected chi connectivity index (χ3v) is 6.49. The Morgan fingerprint density at radius 3 is 2.35 bits per heavy atom. The zero-order valence-corrected chi connectivity index (χ0v) is 15.1. The molecule has 1 heterocycles. The van der Waals surface area contributed by atoms with Gasteiger partial charge >= 0.3 is 0 Å². The summed E-state index contributed by atoms with van der Waals surface area (Å²) in [5.74, 6) is -0.798. The van der Waals surface area contributed by atoms with Crippen molar-refractivity contribution in [1.82, 2.24) is 4.90 Å². The Bertz CT molecular complexity index is 699. The van der Waals surface area contributed by atoms with Crippen molar-refractivity contribution in [3.63, 3.8) is 0 Å². The summed E-state index contributed by atoms with van der Waals surface area (Å²) >= 11 is 0. The summed E-state index contributed by atoms with van der Waals surface area (Å²) in [6, 6.07) is 7.89. The van der Waals surface area contributed by atoms with Gasteiger partial charge in [0.1, 0.15) is 5.75 Å². The van der Waals surface area contributed by atoms with Crippen LogP contribution in [-0.2, 0) is 9.59 Å². The minimum absolute atomic E-state index is 0.0195. The molecule has 4 rings (SSSR count). The van der Waals surface area contributed by atoms with Crippen LogP contribution in [0.4, 0.5) is 5.69 Å². The van der Waals surface area contributed by atoms with E-state index in [0.29, 0.717) is 13.1 Å². The first-order valence-corrected chi connectivity index (χ1v) is 9.47. The topological polar surface area (TPSA) is 72.9 Å². The Morgan fingerprint density at radius 2 is 1.69 bits per heavy atom. The molecule has 0 unspecified atom stereocenters. The second-order valence-electron chi connectivity index (χ2n) is 7.69. The van der Waals surface area contributed by atoms with Crippen molar-refractivity contribution in [3.8, 4) is 5.75 Å². The largest absolute Gasteiger partial charge is 0.550 e. The number of rotatable bonds is 4. The number of hydrogen-bond donors (Lipinski definition) is 0. The number of piperazine rings is 1. The third-order valence-electron chi connectivity index (χ3n) is 6.49. The fourth-order valence-corrected chi connectivity index (χ4v) is 5.26. The maximum atomic E-state index is 13.1. The standard InChI is InChI=1S/C20H26N2O4/c1-26-16-5-3-2-4-15(16)21-8-10-22(11-9-21)19(23)17-13-6-7-14(12-13)18(17)20(24)25/h2-5,13-14,17-18H,6-12H2,1H3,(H,24,25)/p-1/t13-,14+,17-,18+/m1/s1. The first-order valence-electron chi connectivity index (χ1n) is 9.47. The Labute approximate surface area is 153 Å². The van der Waals surface area contributed by atoms with Gasteiger partial charge in [-0.1, -0.05) is 12.1 Å². The molecule has 0 radical (unpaired) electrons. The molecule has 1 amide bonds. The summed E-state index contributed by atoms with van der Waals surface area (Å²) in [5, 5.41) is 11.6. The Kier molecular flexibility index (Phi) is 4.51. The molecule has 0 aromatic heterocycles. The maximum Gasteiger partial charge on any atom is 0.226 e. The van der Waals surface area contributed by atoms with Gasteiger partial charge in [0.2, 0.25) is 5.91 Å². The number of amides is 1. The number of carbonyl (C=O) groups excluding carboxylic acids is 2. The van der Waals surface area contributed by atoms with Crippen LogP contribution < -0.4 is 14.7 Å². The van der Waals surface area contributed by atoms with Gasteiger partial charge in [0.05, 0.1) is 12.8 Å². The van der Waals surface area contributed by atoms with Crippen molar-refractivity contribution in [3.05, 3.63) is 24.3 Å². The van der Waals surface area contributed by atoms with Gasteiger partial charge in [-0.3, -0.25) is 4.79 Å². The predicted octanol–water partition coefficient (Wildman–Crippen LogP) is 0.756. The highest BCUT2D eigenvalue weighted by molar-refractivity contribution is 5.86. The minimum atomic E-state index is -1.04. The molecule has 2 saturated carbocycles. The molecule has 1 saturated heterocycles. The molecule has 6 nitrogen and oxygen atoms in total. The van der Waals surface area contributed by atoms with Gasteiger partial charge in [-0.05, 0) is 43.2 Å². The number of nitrogens with zero attached hydrogens (tertiary/aromatic N) is 2. The number of hydrogen-bond acceptors (Lipinski definition) is 5. The van der Waals surface area contributed by atoms with E-state index in [0.717, 1.165) is 43.8 Å². The number of methoxy groups -OCH3 is 1. The lowest BCUT2D eigenvalue weighted by Crippen LogP contribution is -2.53. The molecule has 0 spiro atoms. The molecule has 140 valence electrons. The summed E-state index contributed by atoms with van der Waals surface area (Å²) in [7, 11) is 1.66. The third kappa shape index (κ3) is 2.81. The number of fused-ring (bicyclic) bond motifs is 2. The number of benzene rings is 1. The second-order valence-corrected chi connectivity index (χ2v) is 7.69. The molecule has 2 bridgehead atoms. The lowest BCUT2D eigenvalue weighted by Gasteiger charge is -2.40. The molecule has 2 aliphatic carbocycles. The molecule has 6 heteroatoms. The molecular weight excluding hydrogens is 332 g/mol. The van der Waals surface area contributed by atoms with Gasteiger partial charge in [-0.2, -0.15) is 0 Å². The average Bonchev–Trinajstić information content (AvgIpc) is 3.29. The number of anilines is 1. The summed E-state index contributed by atoms with van der Waals surface area (Å²) < 4.78 is 5.43. The maximum absolute atomic E-state index is 13.1. The Balaban J connectivity index is 1.43. The summed E-state index contributed by atoms with van der Waals surface area (Å²) in [6.45, 7) is 2.68. The highest BCUT2D eigenvalue weighted by Crippen LogP contribution is 2.52. The van der Waals surface area contributed by atoms with Gasteiger partial charge in [-0.15, -0.1) is 0 Å². The minimum Gasteiger partial charge on any atom is -0.550 e. The second kappa shape index (κ2) is 6.82. The summed E-state index contributed by atoms with van der Waals surface area (Å²) in [4.78, 5) is 28.7.